The van der Waals surface area contributed by atoms with Crippen LogP contribution in [0.3, 0.4) is 0 Å². The maximum atomic E-state index is 2.36. The van der Waals surface area contributed by atoms with E-state index in [2.05, 4.69) is 45.0 Å². The van der Waals surface area contributed by atoms with Crippen LogP contribution in [-0.2, 0) is 0 Å². The Kier molecular flexibility index (Phi) is 2.18. The molecule has 0 spiro atoms. The van der Waals surface area contributed by atoms with E-state index in [1.165, 1.54) is 32.5 Å². The molecule has 0 radical (unpaired) electrons. The Balaban J connectivity index is 2.33. The highest BCUT2D eigenvalue weighted by molar-refractivity contribution is 7.19. The van der Waals surface area contributed by atoms with Crippen molar-refractivity contribution in [3.05, 3.63) is 39.8 Å². The number of rotatable bonds is 1. The standard InChI is InChI=1S/C15H16S/c1-4-13-9(2)7-11-5-6-12-8-10(3)16-15(12)14(11)13/h5-8,13H,4H2,1-3H3. The molecule has 0 saturated heterocycles. The van der Waals surface area contributed by atoms with Crippen LogP contribution in [0.4, 0.5) is 0 Å². The van der Waals surface area contributed by atoms with E-state index < -0.39 is 0 Å². The van der Waals surface area contributed by atoms with Gasteiger partial charge in [0.2, 0.25) is 0 Å². The summed E-state index contributed by atoms with van der Waals surface area (Å²) in [6.07, 6.45) is 3.57. The minimum Gasteiger partial charge on any atom is -0.140 e. The Hall–Kier alpha value is -1.08. The molecule has 1 aliphatic rings. The summed E-state index contributed by atoms with van der Waals surface area (Å²) in [5, 5.41) is 1.42. The van der Waals surface area contributed by atoms with Gasteiger partial charge in [-0.15, -0.1) is 11.3 Å². The van der Waals surface area contributed by atoms with Crippen molar-refractivity contribution in [3.8, 4) is 0 Å². The molecule has 1 aliphatic carbocycles. The van der Waals surface area contributed by atoms with E-state index >= 15 is 0 Å². The van der Waals surface area contributed by atoms with Gasteiger partial charge in [-0.05, 0) is 42.8 Å². The summed E-state index contributed by atoms with van der Waals surface area (Å²) >= 11 is 1.95. The lowest BCUT2D eigenvalue weighted by Crippen LogP contribution is -1.94. The number of thiophene rings is 1. The number of benzene rings is 1. The Morgan fingerprint density at radius 3 is 2.81 bits per heavy atom. The van der Waals surface area contributed by atoms with Gasteiger partial charge in [0.15, 0.2) is 0 Å². The number of allylic oxidation sites excluding steroid dienone is 1. The molecule has 0 bridgehead atoms. The second kappa shape index (κ2) is 3.46. The average Bonchev–Trinajstić information content (AvgIpc) is 2.75. The number of hydrogen-bond acceptors (Lipinski definition) is 1. The third-order valence-electron chi connectivity index (χ3n) is 3.57. The minimum atomic E-state index is 0.650. The summed E-state index contributed by atoms with van der Waals surface area (Å²) in [7, 11) is 0. The van der Waals surface area contributed by atoms with Crippen molar-refractivity contribution in [3.63, 3.8) is 0 Å². The quantitative estimate of drug-likeness (QED) is 0.635. The summed E-state index contributed by atoms with van der Waals surface area (Å²) in [6, 6.07) is 6.85. The van der Waals surface area contributed by atoms with Crippen molar-refractivity contribution in [2.24, 2.45) is 0 Å². The monoisotopic (exact) mass is 228 g/mol. The van der Waals surface area contributed by atoms with Gasteiger partial charge >= 0.3 is 0 Å². The molecule has 82 valence electrons. The second-order valence-corrected chi connectivity index (χ2v) is 5.95. The van der Waals surface area contributed by atoms with Gasteiger partial charge in [-0.1, -0.05) is 30.7 Å². The van der Waals surface area contributed by atoms with Gasteiger partial charge < -0.3 is 0 Å². The highest BCUT2D eigenvalue weighted by Crippen LogP contribution is 2.44. The number of hydrogen-bond donors (Lipinski definition) is 0. The smallest absolute Gasteiger partial charge is 0.0389 e. The molecule has 1 atom stereocenters. The molecule has 1 heterocycles. The summed E-state index contributed by atoms with van der Waals surface area (Å²) in [5.41, 5.74) is 4.55. The van der Waals surface area contributed by atoms with Crippen LogP contribution >= 0.6 is 11.3 Å². The van der Waals surface area contributed by atoms with Crippen molar-refractivity contribution in [2.75, 3.05) is 0 Å². The van der Waals surface area contributed by atoms with E-state index in [0.717, 1.165) is 0 Å². The highest BCUT2D eigenvalue weighted by atomic mass is 32.1. The molecule has 0 aliphatic heterocycles. The van der Waals surface area contributed by atoms with Crippen LogP contribution in [0.1, 0.15) is 42.2 Å². The van der Waals surface area contributed by atoms with Crippen LogP contribution in [0, 0.1) is 6.92 Å². The topological polar surface area (TPSA) is 0 Å². The SMILES string of the molecule is CCC1C(C)=Cc2ccc3cc(C)sc3c21. The third kappa shape index (κ3) is 1.28. The van der Waals surface area contributed by atoms with Crippen LogP contribution in [-0.4, -0.2) is 0 Å². The Morgan fingerprint density at radius 1 is 1.25 bits per heavy atom. The van der Waals surface area contributed by atoms with Gasteiger partial charge in [0, 0.05) is 15.5 Å². The minimum absolute atomic E-state index is 0.650. The van der Waals surface area contributed by atoms with Crippen LogP contribution < -0.4 is 0 Å². The zero-order valence-corrected chi connectivity index (χ0v) is 10.8. The summed E-state index contributed by atoms with van der Waals surface area (Å²) in [5.74, 6) is 0.650. The van der Waals surface area contributed by atoms with Crippen molar-refractivity contribution in [2.45, 2.75) is 33.1 Å². The molecule has 1 heteroatoms. The van der Waals surface area contributed by atoms with Crippen molar-refractivity contribution >= 4 is 27.5 Å². The first-order chi connectivity index (χ1) is 7.70. The fourth-order valence-corrected chi connectivity index (χ4v) is 3.98. The molecule has 0 amide bonds. The van der Waals surface area contributed by atoms with E-state index in [-0.39, 0.29) is 0 Å². The molecule has 0 saturated carbocycles. The lowest BCUT2D eigenvalue weighted by atomic mass is 9.93. The first kappa shape index (κ1) is 10.1. The van der Waals surface area contributed by atoms with Gasteiger partial charge in [0.25, 0.3) is 0 Å². The van der Waals surface area contributed by atoms with Crippen LogP contribution in [0.5, 0.6) is 0 Å². The molecule has 0 fully saturated rings. The second-order valence-electron chi connectivity index (χ2n) is 4.69. The molecule has 1 aromatic carbocycles. The Labute approximate surface area is 101 Å². The predicted molar refractivity (Wildman–Crippen MR) is 73.2 cm³/mol. The van der Waals surface area contributed by atoms with E-state index in [1.54, 1.807) is 5.56 Å². The zero-order valence-electron chi connectivity index (χ0n) is 10.0. The predicted octanol–water partition coefficient (Wildman–Crippen LogP) is 5.12. The summed E-state index contributed by atoms with van der Waals surface area (Å²) in [4.78, 5) is 1.42. The average molecular weight is 228 g/mol. The summed E-state index contributed by atoms with van der Waals surface area (Å²) < 4.78 is 1.51. The number of fused-ring (bicyclic) bond motifs is 3. The van der Waals surface area contributed by atoms with E-state index in [0.29, 0.717) is 5.92 Å². The molecule has 3 rings (SSSR count). The fourth-order valence-electron chi connectivity index (χ4n) is 2.85. The van der Waals surface area contributed by atoms with Gasteiger partial charge in [-0.2, -0.15) is 0 Å². The largest absolute Gasteiger partial charge is 0.140 e. The normalized spacial score (nSPS) is 18.9. The van der Waals surface area contributed by atoms with E-state index in [9.17, 15) is 0 Å². The Morgan fingerprint density at radius 2 is 2.06 bits per heavy atom. The first-order valence-corrected chi connectivity index (χ1v) is 6.73. The van der Waals surface area contributed by atoms with Crippen LogP contribution in [0.15, 0.2) is 23.8 Å². The van der Waals surface area contributed by atoms with Gasteiger partial charge in [0.05, 0.1) is 0 Å². The van der Waals surface area contributed by atoms with E-state index in [1.807, 2.05) is 11.3 Å². The maximum Gasteiger partial charge on any atom is 0.0389 e. The van der Waals surface area contributed by atoms with Crippen LogP contribution in [0.25, 0.3) is 16.2 Å². The van der Waals surface area contributed by atoms with E-state index in [4.69, 9.17) is 0 Å². The summed E-state index contributed by atoms with van der Waals surface area (Å²) in [6.45, 7) is 6.75. The molecular formula is C15H16S. The first-order valence-electron chi connectivity index (χ1n) is 5.92. The third-order valence-corrected chi connectivity index (χ3v) is 4.67. The molecule has 16 heavy (non-hydrogen) atoms. The molecule has 1 unspecified atom stereocenters. The molecular weight excluding hydrogens is 212 g/mol. The van der Waals surface area contributed by atoms with Gasteiger partial charge in [-0.3, -0.25) is 0 Å². The van der Waals surface area contributed by atoms with Crippen molar-refractivity contribution in [1.29, 1.82) is 0 Å². The molecule has 0 nitrogen and oxygen atoms in total. The Bertz CT molecular complexity index is 587. The lowest BCUT2D eigenvalue weighted by molar-refractivity contribution is 0.783. The van der Waals surface area contributed by atoms with Crippen molar-refractivity contribution < 1.29 is 0 Å². The highest BCUT2D eigenvalue weighted by Gasteiger charge is 2.23. The van der Waals surface area contributed by atoms with Gasteiger partial charge in [0.1, 0.15) is 0 Å². The fraction of sp³-hybridized carbons (Fsp3) is 0.333. The van der Waals surface area contributed by atoms with Crippen LogP contribution in [0.2, 0.25) is 0 Å². The lowest BCUT2D eigenvalue weighted by Gasteiger charge is -2.12. The molecule has 2 aromatic rings. The maximum absolute atomic E-state index is 2.36. The zero-order chi connectivity index (χ0) is 11.3. The molecule has 0 N–H and O–H groups in total. The number of aryl methyl sites for hydroxylation is 1. The molecule has 1 aromatic heterocycles. The van der Waals surface area contributed by atoms with Gasteiger partial charge in [-0.25, -0.2) is 0 Å². The van der Waals surface area contributed by atoms with Crippen molar-refractivity contribution in [1.82, 2.24) is 0 Å².